The van der Waals surface area contributed by atoms with E-state index in [-0.39, 0.29) is 56.6 Å². The highest BCUT2D eigenvalue weighted by Crippen LogP contribution is 2.31. The minimum absolute atomic E-state index is 0.0180. The first-order valence-corrected chi connectivity index (χ1v) is 15.9. The predicted molar refractivity (Wildman–Crippen MR) is 172 cm³/mol. The van der Waals surface area contributed by atoms with E-state index >= 15 is 0 Å². The first kappa shape index (κ1) is 36.7. The molecule has 48 heavy (non-hydrogen) atoms. The Morgan fingerprint density at radius 3 is 2.52 bits per heavy atom. The molecule has 0 saturated carbocycles. The zero-order chi connectivity index (χ0) is 34.5. The SMILES string of the molecule is C[NH2+]Cc1cc2ccccc2n1CCC(=O)NCCOCCOCCC(=O)Nc1cc(CO)ccc1OC1O[C@H](C(=O)O)C[C@H](O)[C@H]1O. The van der Waals surface area contributed by atoms with Crippen molar-refractivity contribution < 1.29 is 59.1 Å². The molecular formula is C33H45N4O11+. The first-order valence-electron chi connectivity index (χ1n) is 15.9. The third-order valence-electron chi connectivity index (χ3n) is 7.73. The van der Waals surface area contributed by atoms with Crippen molar-refractivity contribution in [3.63, 3.8) is 0 Å². The summed E-state index contributed by atoms with van der Waals surface area (Å²) in [5, 5.41) is 47.9. The molecular weight excluding hydrogens is 628 g/mol. The number of aryl methyl sites for hydroxylation is 1. The molecule has 4 rings (SSSR count). The van der Waals surface area contributed by atoms with Crippen LogP contribution in [-0.4, -0.2) is 107 Å². The minimum Gasteiger partial charge on any atom is -0.479 e. The van der Waals surface area contributed by atoms with E-state index in [1.54, 1.807) is 0 Å². The zero-order valence-corrected chi connectivity index (χ0v) is 26.9. The lowest BCUT2D eigenvalue weighted by Gasteiger charge is -2.35. The van der Waals surface area contributed by atoms with E-state index in [2.05, 4.69) is 38.7 Å². The fourth-order valence-electron chi connectivity index (χ4n) is 5.27. The summed E-state index contributed by atoms with van der Waals surface area (Å²) >= 11 is 0. The third kappa shape index (κ3) is 10.5. The van der Waals surface area contributed by atoms with Crippen molar-refractivity contribution in [1.29, 1.82) is 0 Å². The van der Waals surface area contributed by atoms with Crippen LogP contribution in [0.4, 0.5) is 5.69 Å². The molecule has 1 aliphatic rings. The van der Waals surface area contributed by atoms with Crippen LogP contribution in [0.5, 0.6) is 5.75 Å². The van der Waals surface area contributed by atoms with Crippen LogP contribution < -0.4 is 20.7 Å². The minimum atomic E-state index is -1.53. The number of nitrogens with one attached hydrogen (secondary N) is 2. The number of carbonyl (C=O) groups excluding carboxylic acids is 2. The molecule has 0 spiro atoms. The second-order valence-corrected chi connectivity index (χ2v) is 11.3. The van der Waals surface area contributed by atoms with Crippen molar-refractivity contribution in [2.75, 3.05) is 45.3 Å². The van der Waals surface area contributed by atoms with Crippen LogP contribution in [0, 0.1) is 0 Å². The Labute approximate surface area is 277 Å². The van der Waals surface area contributed by atoms with Gasteiger partial charge in [-0.1, -0.05) is 24.3 Å². The van der Waals surface area contributed by atoms with Gasteiger partial charge in [-0.25, -0.2) is 4.79 Å². The quantitative estimate of drug-likeness (QED) is 0.0820. The summed E-state index contributed by atoms with van der Waals surface area (Å²) in [7, 11) is 2.02. The highest BCUT2D eigenvalue weighted by atomic mass is 16.7. The number of hydrogen-bond acceptors (Lipinski definition) is 10. The summed E-state index contributed by atoms with van der Waals surface area (Å²) in [4.78, 5) is 36.4. The van der Waals surface area contributed by atoms with Crippen molar-refractivity contribution in [3.8, 4) is 5.75 Å². The Kier molecular flexibility index (Phi) is 14.1. The van der Waals surface area contributed by atoms with Gasteiger partial charge in [0.15, 0.2) is 6.10 Å². The molecule has 1 fully saturated rings. The molecule has 3 aromatic rings. The van der Waals surface area contributed by atoms with Gasteiger partial charge in [0.1, 0.15) is 18.4 Å². The van der Waals surface area contributed by atoms with Crippen LogP contribution in [-0.2, 0) is 48.3 Å². The molecule has 1 aromatic heterocycles. The van der Waals surface area contributed by atoms with Gasteiger partial charge in [0.25, 0.3) is 0 Å². The summed E-state index contributed by atoms with van der Waals surface area (Å²) in [6.45, 7) is 2.36. The molecule has 2 aromatic carbocycles. The molecule has 2 amide bonds. The molecule has 2 heterocycles. The number of para-hydroxylation sites is 1. The topological polar surface area (TPSA) is 215 Å². The molecule has 1 unspecified atom stereocenters. The number of fused-ring (bicyclic) bond motifs is 1. The highest BCUT2D eigenvalue weighted by molar-refractivity contribution is 5.92. The van der Waals surface area contributed by atoms with Crippen LogP contribution in [0.1, 0.15) is 30.5 Å². The van der Waals surface area contributed by atoms with Gasteiger partial charge < -0.3 is 59.9 Å². The highest BCUT2D eigenvalue weighted by Gasteiger charge is 2.41. The predicted octanol–water partition coefficient (Wildman–Crippen LogP) is -0.305. The van der Waals surface area contributed by atoms with E-state index in [1.165, 1.54) is 23.9 Å². The molecule has 0 bridgehead atoms. The number of carbonyl (C=O) groups is 3. The number of anilines is 1. The maximum absolute atomic E-state index is 12.6. The fourth-order valence-corrected chi connectivity index (χ4v) is 5.27. The molecule has 15 heteroatoms. The smallest absolute Gasteiger partial charge is 0.333 e. The van der Waals surface area contributed by atoms with Gasteiger partial charge in [0.05, 0.1) is 64.0 Å². The van der Waals surface area contributed by atoms with Gasteiger partial charge in [0, 0.05) is 36.8 Å². The number of aliphatic hydroxyl groups is 3. The zero-order valence-electron chi connectivity index (χ0n) is 26.9. The standard InChI is InChI=1S/C33H44N4O11/c1-34-19-23-17-22-4-2-3-5-25(22)37(23)11-8-29(40)35-10-13-46-15-14-45-12-9-30(41)36-24-16-21(20-38)6-7-27(24)47-33-31(42)26(39)18-28(48-33)32(43)44/h2-7,16-17,26,28,31,33-34,38-39,42H,8-15,18-20H2,1H3,(H,35,40)(H,36,41)(H,43,44)/p+1/t26-,28-,31+,33?/m0/s1. The van der Waals surface area contributed by atoms with Crippen molar-refractivity contribution in [3.05, 3.63) is 59.8 Å². The van der Waals surface area contributed by atoms with E-state index in [0.717, 1.165) is 17.4 Å². The largest absolute Gasteiger partial charge is 0.479 e. The lowest BCUT2D eigenvalue weighted by atomic mass is 10.0. The fraction of sp³-hybridized carbons (Fsp3) is 0.485. The number of ether oxygens (including phenoxy) is 4. The summed E-state index contributed by atoms with van der Waals surface area (Å²) in [6.07, 6.45) is -5.79. The second kappa shape index (κ2) is 18.5. The van der Waals surface area contributed by atoms with E-state index in [4.69, 9.17) is 18.9 Å². The Morgan fingerprint density at radius 1 is 1.00 bits per heavy atom. The number of carboxylic acid groups (broad SMARTS) is 1. The maximum atomic E-state index is 12.6. The number of aromatic nitrogens is 1. The van der Waals surface area contributed by atoms with Crippen LogP contribution in [0.2, 0.25) is 0 Å². The van der Waals surface area contributed by atoms with E-state index in [0.29, 0.717) is 31.7 Å². The van der Waals surface area contributed by atoms with Gasteiger partial charge in [-0.05, 0) is 29.8 Å². The molecule has 15 nitrogen and oxygen atoms in total. The number of amides is 2. The number of carboxylic acids is 1. The molecule has 1 aliphatic heterocycles. The first-order chi connectivity index (χ1) is 23.2. The molecule has 0 aliphatic carbocycles. The summed E-state index contributed by atoms with van der Waals surface area (Å²) in [5.74, 6) is -1.76. The number of benzene rings is 2. The molecule has 1 saturated heterocycles. The average Bonchev–Trinajstić information content (AvgIpc) is 3.42. The van der Waals surface area contributed by atoms with Crippen molar-refractivity contribution in [1.82, 2.24) is 9.88 Å². The van der Waals surface area contributed by atoms with E-state index in [1.807, 2.05) is 19.2 Å². The van der Waals surface area contributed by atoms with Gasteiger partial charge in [-0.3, -0.25) is 9.59 Å². The average molecular weight is 674 g/mol. The van der Waals surface area contributed by atoms with E-state index in [9.17, 15) is 34.8 Å². The number of nitrogens with two attached hydrogens (primary N) is 1. The Hall–Kier alpha value is -4.09. The van der Waals surface area contributed by atoms with Crippen molar-refractivity contribution in [2.45, 2.75) is 63.6 Å². The summed E-state index contributed by atoms with van der Waals surface area (Å²) in [6, 6.07) is 14.7. The lowest BCUT2D eigenvalue weighted by molar-refractivity contribution is -0.644. The Balaban J connectivity index is 1.12. The van der Waals surface area contributed by atoms with Gasteiger partial charge in [-0.15, -0.1) is 0 Å². The van der Waals surface area contributed by atoms with Crippen LogP contribution in [0.25, 0.3) is 10.9 Å². The van der Waals surface area contributed by atoms with Gasteiger partial charge in [0.2, 0.25) is 18.1 Å². The molecule has 8 N–H and O–H groups in total. The second-order valence-electron chi connectivity index (χ2n) is 11.3. The molecule has 0 radical (unpaired) electrons. The summed E-state index contributed by atoms with van der Waals surface area (Å²) < 4.78 is 24.1. The van der Waals surface area contributed by atoms with E-state index < -0.39 is 36.5 Å². The van der Waals surface area contributed by atoms with Crippen LogP contribution in [0.15, 0.2) is 48.5 Å². The maximum Gasteiger partial charge on any atom is 0.333 e. The third-order valence-corrected chi connectivity index (χ3v) is 7.73. The van der Waals surface area contributed by atoms with Crippen LogP contribution in [0.3, 0.4) is 0 Å². The Morgan fingerprint density at radius 2 is 1.77 bits per heavy atom. The number of quaternary nitrogens is 1. The number of aliphatic hydroxyl groups excluding tert-OH is 3. The van der Waals surface area contributed by atoms with Gasteiger partial charge in [-0.2, -0.15) is 0 Å². The van der Waals surface area contributed by atoms with Crippen molar-refractivity contribution in [2.24, 2.45) is 0 Å². The van der Waals surface area contributed by atoms with Gasteiger partial charge >= 0.3 is 5.97 Å². The number of aliphatic carboxylic acids is 1. The normalized spacial score (nSPS) is 19.2. The summed E-state index contributed by atoms with van der Waals surface area (Å²) in [5.41, 5.74) is 2.90. The number of rotatable bonds is 19. The lowest BCUT2D eigenvalue weighted by Crippen LogP contribution is -2.78. The molecule has 262 valence electrons. The van der Waals surface area contributed by atoms with Crippen LogP contribution >= 0.6 is 0 Å². The number of nitrogens with zero attached hydrogens (tertiary/aromatic N) is 1. The Bertz CT molecular complexity index is 1510. The number of hydrogen-bond donors (Lipinski definition) is 7. The van der Waals surface area contributed by atoms with Crippen molar-refractivity contribution >= 4 is 34.4 Å². The molecule has 4 atom stereocenters. The monoisotopic (exact) mass is 673 g/mol.